The topological polar surface area (TPSA) is 85.0 Å². The van der Waals surface area contributed by atoms with Crippen molar-refractivity contribution in [1.82, 2.24) is 10.3 Å². The molecule has 2 aromatic rings. The summed E-state index contributed by atoms with van der Waals surface area (Å²) in [6.45, 7) is 1.00. The molecule has 1 heterocycles. The summed E-state index contributed by atoms with van der Waals surface area (Å²) >= 11 is 1.60. The quantitative estimate of drug-likeness (QED) is 0.586. The molecule has 0 bridgehead atoms. The number of guanidine groups is 1. The first-order valence-electron chi connectivity index (χ1n) is 7.40. The molecule has 3 N–H and O–H groups in total. The summed E-state index contributed by atoms with van der Waals surface area (Å²) in [5.41, 5.74) is 7.84. The third kappa shape index (κ3) is 4.76. The summed E-state index contributed by atoms with van der Waals surface area (Å²) in [6, 6.07) is 5.67. The van der Waals surface area contributed by atoms with Gasteiger partial charge < -0.3 is 25.4 Å². The number of rotatable bonds is 7. The van der Waals surface area contributed by atoms with Gasteiger partial charge in [0.2, 0.25) is 0 Å². The van der Waals surface area contributed by atoms with Crippen molar-refractivity contribution in [1.29, 1.82) is 0 Å². The number of nitrogens with one attached hydrogen (secondary N) is 1. The highest BCUT2D eigenvalue weighted by atomic mass is 32.1. The molecular formula is C16H23N5O2S. The van der Waals surface area contributed by atoms with E-state index in [1.165, 1.54) is 0 Å². The molecule has 7 nitrogen and oxygen atoms in total. The van der Waals surface area contributed by atoms with Crippen LogP contribution in [0.1, 0.15) is 11.3 Å². The molecule has 1 aromatic heterocycles. The fourth-order valence-electron chi connectivity index (χ4n) is 1.98. The lowest BCUT2D eigenvalue weighted by Gasteiger charge is -2.09. The Balaban J connectivity index is 1.91. The zero-order chi connectivity index (χ0) is 17.5. The lowest BCUT2D eigenvalue weighted by atomic mass is 10.2. The summed E-state index contributed by atoms with van der Waals surface area (Å²) in [7, 11) is 7.15. The van der Waals surface area contributed by atoms with E-state index in [2.05, 4.69) is 15.3 Å². The molecule has 0 spiro atoms. The van der Waals surface area contributed by atoms with Crippen LogP contribution in [0.2, 0.25) is 0 Å². The maximum absolute atomic E-state index is 5.91. The third-order valence-electron chi connectivity index (χ3n) is 3.25. The monoisotopic (exact) mass is 349 g/mol. The second-order valence-corrected chi connectivity index (χ2v) is 6.10. The Morgan fingerprint density at radius 1 is 1.29 bits per heavy atom. The predicted molar refractivity (Wildman–Crippen MR) is 98.2 cm³/mol. The van der Waals surface area contributed by atoms with E-state index >= 15 is 0 Å². The number of nitrogens with zero attached hydrogens (tertiary/aromatic N) is 3. The average Bonchev–Trinajstić information content (AvgIpc) is 3.07. The minimum atomic E-state index is 0.379. The van der Waals surface area contributed by atoms with Crippen molar-refractivity contribution < 1.29 is 9.47 Å². The minimum Gasteiger partial charge on any atom is -0.493 e. The van der Waals surface area contributed by atoms with Gasteiger partial charge in [0.05, 0.1) is 33.0 Å². The van der Waals surface area contributed by atoms with Crippen molar-refractivity contribution in [3.8, 4) is 11.5 Å². The zero-order valence-corrected chi connectivity index (χ0v) is 15.2. The molecule has 8 heteroatoms. The van der Waals surface area contributed by atoms with Gasteiger partial charge in [-0.3, -0.25) is 0 Å². The fraction of sp³-hybridized carbons (Fsp3) is 0.375. The van der Waals surface area contributed by atoms with Crippen molar-refractivity contribution in [2.45, 2.75) is 13.1 Å². The van der Waals surface area contributed by atoms with Crippen LogP contribution in [0.25, 0.3) is 0 Å². The Morgan fingerprint density at radius 2 is 2.04 bits per heavy atom. The SMILES string of the molecule is COc1ccc(CN=C(N)NCc2csc(N(C)C)n2)cc1OC. The molecule has 24 heavy (non-hydrogen) atoms. The van der Waals surface area contributed by atoms with Gasteiger partial charge in [-0.1, -0.05) is 6.07 Å². The first-order valence-corrected chi connectivity index (χ1v) is 8.28. The van der Waals surface area contributed by atoms with Crippen LogP contribution in [0.4, 0.5) is 5.13 Å². The van der Waals surface area contributed by atoms with E-state index in [1.807, 2.05) is 42.6 Å². The predicted octanol–water partition coefficient (Wildman–Crippen LogP) is 1.83. The number of aliphatic imine (C=N–C) groups is 1. The standard InChI is InChI=1S/C16H23N5O2S/c1-21(2)16-20-12(10-24-16)9-19-15(17)18-8-11-5-6-13(22-3)14(7-11)23-4/h5-7,10H,8-9H2,1-4H3,(H3,17,18,19). The van der Waals surface area contributed by atoms with Gasteiger partial charge in [-0.25, -0.2) is 9.98 Å². The molecule has 130 valence electrons. The van der Waals surface area contributed by atoms with Crippen molar-refractivity contribution >= 4 is 22.4 Å². The van der Waals surface area contributed by atoms with E-state index < -0.39 is 0 Å². The third-order valence-corrected chi connectivity index (χ3v) is 4.31. The van der Waals surface area contributed by atoms with Gasteiger partial charge in [-0.05, 0) is 17.7 Å². The van der Waals surface area contributed by atoms with E-state index in [0.717, 1.165) is 16.4 Å². The van der Waals surface area contributed by atoms with E-state index in [4.69, 9.17) is 15.2 Å². The Bertz CT molecular complexity index is 700. The lowest BCUT2D eigenvalue weighted by Crippen LogP contribution is -2.31. The van der Waals surface area contributed by atoms with E-state index in [9.17, 15) is 0 Å². The number of thiazole rings is 1. The van der Waals surface area contributed by atoms with Crippen LogP contribution in [0, 0.1) is 0 Å². The summed E-state index contributed by atoms with van der Waals surface area (Å²) < 4.78 is 10.5. The van der Waals surface area contributed by atoms with E-state index in [0.29, 0.717) is 30.5 Å². The largest absolute Gasteiger partial charge is 0.493 e. The average molecular weight is 349 g/mol. The summed E-state index contributed by atoms with van der Waals surface area (Å²) in [5.74, 6) is 1.75. The molecule has 0 saturated heterocycles. The van der Waals surface area contributed by atoms with Crippen LogP contribution in [0.3, 0.4) is 0 Å². The lowest BCUT2D eigenvalue weighted by molar-refractivity contribution is 0.354. The molecule has 0 unspecified atom stereocenters. The number of nitrogens with two attached hydrogens (primary N) is 1. The maximum atomic E-state index is 5.91. The van der Waals surface area contributed by atoms with Crippen LogP contribution >= 0.6 is 11.3 Å². The van der Waals surface area contributed by atoms with E-state index in [1.54, 1.807) is 25.6 Å². The van der Waals surface area contributed by atoms with Crippen molar-refractivity contribution in [3.05, 3.63) is 34.8 Å². The molecule has 0 saturated carbocycles. The number of anilines is 1. The maximum Gasteiger partial charge on any atom is 0.189 e. The Hall–Kier alpha value is -2.48. The Labute approximate surface area is 146 Å². The van der Waals surface area contributed by atoms with Crippen LogP contribution in [0.5, 0.6) is 11.5 Å². The van der Waals surface area contributed by atoms with Crippen molar-refractivity contribution in [3.63, 3.8) is 0 Å². The summed E-state index contributed by atoms with van der Waals surface area (Å²) in [6.07, 6.45) is 0. The molecule has 2 rings (SSSR count). The smallest absolute Gasteiger partial charge is 0.189 e. The van der Waals surface area contributed by atoms with Crippen LogP contribution in [0.15, 0.2) is 28.6 Å². The van der Waals surface area contributed by atoms with Gasteiger partial charge >= 0.3 is 0 Å². The molecule has 0 radical (unpaired) electrons. The number of ether oxygens (including phenoxy) is 2. The number of hydrogen-bond acceptors (Lipinski definition) is 6. The highest BCUT2D eigenvalue weighted by Gasteiger charge is 2.05. The molecular weight excluding hydrogens is 326 g/mol. The first kappa shape index (κ1) is 17.9. The summed E-state index contributed by atoms with van der Waals surface area (Å²) in [5, 5.41) is 6.04. The van der Waals surface area contributed by atoms with Gasteiger partial charge in [0.15, 0.2) is 22.6 Å². The number of benzene rings is 1. The normalized spacial score (nSPS) is 11.2. The minimum absolute atomic E-state index is 0.379. The second kappa shape index (κ2) is 8.39. The molecule has 0 aliphatic carbocycles. The molecule has 0 amide bonds. The number of methoxy groups -OCH3 is 2. The Kier molecular flexibility index (Phi) is 6.25. The van der Waals surface area contributed by atoms with Gasteiger partial charge in [0, 0.05) is 19.5 Å². The fourth-order valence-corrected chi connectivity index (χ4v) is 2.73. The Morgan fingerprint density at radius 3 is 2.67 bits per heavy atom. The zero-order valence-electron chi connectivity index (χ0n) is 14.4. The van der Waals surface area contributed by atoms with E-state index in [-0.39, 0.29) is 0 Å². The first-order chi connectivity index (χ1) is 11.5. The molecule has 0 aliphatic heterocycles. The van der Waals surface area contributed by atoms with Gasteiger partial charge in [0.25, 0.3) is 0 Å². The molecule has 0 atom stereocenters. The van der Waals surface area contributed by atoms with Crippen LogP contribution in [-0.2, 0) is 13.1 Å². The molecule has 1 aromatic carbocycles. The molecule has 0 aliphatic rings. The van der Waals surface area contributed by atoms with Gasteiger partial charge in [-0.2, -0.15) is 0 Å². The van der Waals surface area contributed by atoms with Crippen molar-refractivity contribution in [2.24, 2.45) is 10.7 Å². The molecule has 0 fully saturated rings. The summed E-state index contributed by atoms with van der Waals surface area (Å²) in [4.78, 5) is 10.8. The number of hydrogen-bond donors (Lipinski definition) is 2. The number of aromatic nitrogens is 1. The van der Waals surface area contributed by atoms with Crippen molar-refractivity contribution in [2.75, 3.05) is 33.2 Å². The van der Waals surface area contributed by atoms with Gasteiger partial charge in [0.1, 0.15) is 0 Å². The van der Waals surface area contributed by atoms with Crippen LogP contribution < -0.4 is 25.4 Å². The second-order valence-electron chi connectivity index (χ2n) is 5.26. The highest BCUT2D eigenvalue weighted by Crippen LogP contribution is 2.27. The van der Waals surface area contributed by atoms with Gasteiger partial charge in [-0.15, -0.1) is 11.3 Å². The highest BCUT2D eigenvalue weighted by molar-refractivity contribution is 7.13. The van der Waals surface area contributed by atoms with Crippen LogP contribution in [-0.4, -0.2) is 39.3 Å².